The number of fused-ring (bicyclic) bond motifs is 1. The van der Waals surface area contributed by atoms with Crippen LogP contribution in [-0.2, 0) is 9.63 Å². The van der Waals surface area contributed by atoms with Crippen molar-refractivity contribution in [2.75, 3.05) is 7.11 Å². The van der Waals surface area contributed by atoms with Gasteiger partial charge in [0.05, 0.1) is 7.11 Å². The average molecular weight is 241 g/mol. The summed E-state index contributed by atoms with van der Waals surface area (Å²) in [6.07, 6.45) is 0.906. The molecule has 2 atom stereocenters. The lowest BCUT2D eigenvalue weighted by Crippen LogP contribution is -2.23. The molecule has 1 amide bonds. The molecule has 1 saturated carbocycles. The minimum absolute atomic E-state index is 0.0181. The SMILES string of the molecule is CONC(=O)[C@H]1C[C@@H]1c1cccc2ccccc12. The Kier molecular flexibility index (Phi) is 2.76. The van der Waals surface area contributed by atoms with Crippen LogP contribution in [0.15, 0.2) is 42.5 Å². The van der Waals surface area contributed by atoms with Gasteiger partial charge in [-0.1, -0.05) is 42.5 Å². The highest BCUT2D eigenvalue weighted by Gasteiger charge is 2.44. The number of benzene rings is 2. The Labute approximate surface area is 106 Å². The van der Waals surface area contributed by atoms with Crippen LogP contribution in [0.1, 0.15) is 17.9 Å². The minimum Gasteiger partial charge on any atom is -0.277 e. The normalized spacial score (nSPS) is 21.8. The van der Waals surface area contributed by atoms with Crippen molar-refractivity contribution in [2.45, 2.75) is 12.3 Å². The summed E-state index contributed by atoms with van der Waals surface area (Å²) in [7, 11) is 1.47. The molecule has 1 N–H and O–H groups in total. The summed E-state index contributed by atoms with van der Waals surface area (Å²) in [5.74, 6) is 0.359. The topological polar surface area (TPSA) is 38.3 Å². The quantitative estimate of drug-likeness (QED) is 0.839. The largest absolute Gasteiger partial charge is 0.277 e. The lowest BCUT2D eigenvalue weighted by Gasteiger charge is -2.06. The second-order valence-corrected chi connectivity index (χ2v) is 4.69. The van der Waals surface area contributed by atoms with Gasteiger partial charge in [-0.3, -0.25) is 9.63 Å². The Morgan fingerprint density at radius 1 is 1.22 bits per heavy atom. The van der Waals surface area contributed by atoms with E-state index in [9.17, 15) is 4.79 Å². The molecule has 3 rings (SSSR count). The van der Waals surface area contributed by atoms with Crippen LogP contribution in [0.3, 0.4) is 0 Å². The van der Waals surface area contributed by atoms with E-state index in [1.54, 1.807) is 0 Å². The summed E-state index contributed by atoms with van der Waals surface area (Å²) in [6, 6.07) is 14.6. The monoisotopic (exact) mass is 241 g/mol. The van der Waals surface area contributed by atoms with E-state index in [2.05, 4.69) is 40.6 Å². The zero-order valence-electron chi connectivity index (χ0n) is 10.2. The Morgan fingerprint density at radius 2 is 2.00 bits per heavy atom. The summed E-state index contributed by atoms with van der Waals surface area (Å²) < 4.78 is 0. The van der Waals surface area contributed by atoms with Crippen molar-refractivity contribution in [3.8, 4) is 0 Å². The van der Waals surface area contributed by atoms with E-state index in [1.807, 2.05) is 12.1 Å². The smallest absolute Gasteiger partial charge is 0.247 e. The fraction of sp³-hybridized carbons (Fsp3) is 0.267. The maximum Gasteiger partial charge on any atom is 0.247 e. The molecular formula is C15H15NO2. The predicted molar refractivity (Wildman–Crippen MR) is 69.9 cm³/mol. The lowest BCUT2D eigenvalue weighted by molar-refractivity contribution is -0.132. The highest BCUT2D eigenvalue weighted by Crippen LogP contribution is 2.49. The van der Waals surface area contributed by atoms with Crippen LogP contribution in [0.5, 0.6) is 0 Å². The fourth-order valence-corrected chi connectivity index (χ4v) is 2.58. The first-order valence-electron chi connectivity index (χ1n) is 6.12. The van der Waals surface area contributed by atoms with Gasteiger partial charge in [0.1, 0.15) is 0 Å². The molecule has 1 aliphatic rings. The summed E-state index contributed by atoms with van der Waals surface area (Å²) in [5, 5.41) is 2.48. The average Bonchev–Trinajstić information content (AvgIpc) is 3.18. The molecule has 2 aromatic carbocycles. The Balaban J connectivity index is 1.91. The molecule has 0 aromatic heterocycles. The third kappa shape index (κ3) is 1.87. The standard InChI is InChI=1S/C15H15NO2/c1-18-16-15(17)14-9-13(14)12-8-4-6-10-5-2-3-7-11(10)12/h2-8,13-14H,9H2,1H3,(H,16,17)/t13-,14+/m1/s1. The van der Waals surface area contributed by atoms with Crippen molar-refractivity contribution in [2.24, 2.45) is 5.92 Å². The van der Waals surface area contributed by atoms with Gasteiger partial charge in [-0.2, -0.15) is 0 Å². The van der Waals surface area contributed by atoms with Gasteiger partial charge in [-0.05, 0) is 28.7 Å². The van der Waals surface area contributed by atoms with E-state index < -0.39 is 0 Å². The van der Waals surface area contributed by atoms with Crippen molar-refractivity contribution in [1.29, 1.82) is 0 Å². The molecular weight excluding hydrogens is 226 g/mol. The third-order valence-electron chi connectivity index (χ3n) is 3.55. The van der Waals surface area contributed by atoms with Crippen molar-refractivity contribution in [3.63, 3.8) is 0 Å². The van der Waals surface area contributed by atoms with Crippen LogP contribution in [0.2, 0.25) is 0 Å². The van der Waals surface area contributed by atoms with Crippen LogP contribution in [-0.4, -0.2) is 13.0 Å². The van der Waals surface area contributed by atoms with Crippen LogP contribution in [0.25, 0.3) is 10.8 Å². The summed E-state index contributed by atoms with van der Waals surface area (Å²) in [4.78, 5) is 16.4. The molecule has 1 aliphatic carbocycles. The van der Waals surface area contributed by atoms with E-state index >= 15 is 0 Å². The lowest BCUT2D eigenvalue weighted by atomic mass is 10.00. The van der Waals surface area contributed by atoms with Crippen molar-refractivity contribution in [1.82, 2.24) is 5.48 Å². The van der Waals surface area contributed by atoms with Gasteiger partial charge < -0.3 is 0 Å². The van der Waals surface area contributed by atoms with Crippen LogP contribution in [0, 0.1) is 5.92 Å². The summed E-state index contributed by atoms with van der Waals surface area (Å²) >= 11 is 0. The molecule has 0 heterocycles. The molecule has 92 valence electrons. The third-order valence-corrected chi connectivity index (χ3v) is 3.55. The molecule has 3 heteroatoms. The van der Waals surface area contributed by atoms with E-state index in [-0.39, 0.29) is 11.8 Å². The highest BCUT2D eigenvalue weighted by molar-refractivity contribution is 5.89. The molecule has 2 aromatic rings. The fourth-order valence-electron chi connectivity index (χ4n) is 2.58. The van der Waals surface area contributed by atoms with E-state index in [1.165, 1.54) is 23.4 Å². The van der Waals surface area contributed by atoms with Crippen LogP contribution in [0.4, 0.5) is 0 Å². The van der Waals surface area contributed by atoms with Gasteiger partial charge in [0, 0.05) is 5.92 Å². The van der Waals surface area contributed by atoms with Gasteiger partial charge >= 0.3 is 0 Å². The highest BCUT2D eigenvalue weighted by atomic mass is 16.6. The Morgan fingerprint density at radius 3 is 2.83 bits per heavy atom. The molecule has 0 bridgehead atoms. The first-order valence-corrected chi connectivity index (χ1v) is 6.12. The van der Waals surface area contributed by atoms with Gasteiger partial charge in [0.2, 0.25) is 5.91 Å². The molecule has 1 fully saturated rings. The number of hydrogen-bond acceptors (Lipinski definition) is 2. The molecule has 0 unspecified atom stereocenters. The Bertz CT molecular complexity index is 589. The van der Waals surface area contributed by atoms with Gasteiger partial charge in [0.15, 0.2) is 0 Å². The van der Waals surface area contributed by atoms with Crippen LogP contribution >= 0.6 is 0 Å². The number of hydrogen-bond donors (Lipinski definition) is 1. The Hall–Kier alpha value is -1.87. The second-order valence-electron chi connectivity index (χ2n) is 4.69. The molecule has 0 aliphatic heterocycles. The molecule has 0 radical (unpaired) electrons. The van der Waals surface area contributed by atoms with Crippen molar-refractivity contribution < 1.29 is 9.63 Å². The van der Waals surface area contributed by atoms with Gasteiger partial charge in [-0.25, -0.2) is 5.48 Å². The molecule has 18 heavy (non-hydrogen) atoms. The number of amides is 1. The first kappa shape index (κ1) is 11.2. The molecule has 3 nitrogen and oxygen atoms in total. The maximum atomic E-state index is 11.7. The number of carbonyl (C=O) groups excluding carboxylic acids is 1. The van der Waals surface area contributed by atoms with E-state index in [4.69, 9.17) is 0 Å². The molecule has 0 saturated heterocycles. The van der Waals surface area contributed by atoms with Gasteiger partial charge in [-0.15, -0.1) is 0 Å². The van der Waals surface area contributed by atoms with Crippen molar-refractivity contribution in [3.05, 3.63) is 48.0 Å². The van der Waals surface area contributed by atoms with Gasteiger partial charge in [0.25, 0.3) is 0 Å². The first-order chi connectivity index (χ1) is 8.81. The van der Waals surface area contributed by atoms with E-state index in [0.29, 0.717) is 5.92 Å². The maximum absolute atomic E-state index is 11.7. The summed E-state index contributed by atoms with van der Waals surface area (Å²) in [6.45, 7) is 0. The van der Waals surface area contributed by atoms with Crippen LogP contribution < -0.4 is 5.48 Å². The minimum atomic E-state index is -0.0181. The van der Waals surface area contributed by atoms with Crippen molar-refractivity contribution >= 4 is 16.7 Å². The summed E-state index contributed by atoms with van der Waals surface area (Å²) in [5.41, 5.74) is 3.68. The second kappa shape index (κ2) is 4.42. The number of hydroxylamine groups is 1. The zero-order valence-corrected chi connectivity index (χ0v) is 10.2. The predicted octanol–water partition coefficient (Wildman–Crippen LogP) is 2.62. The molecule has 0 spiro atoms. The van der Waals surface area contributed by atoms with E-state index in [0.717, 1.165) is 6.42 Å². The number of nitrogens with one attached hydrogen (secondary N) is 1. The number of rotatable bonds is 3. The number of carbonyl (C=O) groups is 1. The zero-order chi connectivity index (χ0) is 12.5.